The van der Waals surface area contributed by atoms with Crippen molar-refractivity contribution >= 4 is 35.0 Å². The fourth-order valence-corrected chi connectivity index (χ4v) is 3.11. The zero-order valence-corrected chi connectivity index (χ0v) is 15.0. The number of rotatable bonds is 6. The maximum absolute atomic E-state index is 12.2. The lowest BCUT2D eigenvalue weighted by atomic mass is 10.2. The highest BCUT2D eigenvalue weighted by Gasteiger charge is 2.12. The topological polar surface area (TPSA) is 38.3 Å². The number of hydrogen-bond donors (Lipinski definition) is 1. The van der Waals surface area contributed by atoms with Crippen molar-refractivity contribution in [3.05, 3.63) is 58.6 Å². The maximum atomic E-state index is 12.2. The predicted octanol–water partition coefficient (Wildman–Crippen LogP) is 5.09. The highest BCUT2D eigenvalue weighted by atomic mass is 35.5. The highest BCUT2D eigenvalue weighted by molar-refractivity contribution is 8.00. The Morgan fingerprint density at radius 1 is 1.30 bits per heavy atom. The van der Waals surface area contributed by atoms with Gasteiger partial charge >= 0.3 is 0 Å². The summed E-state index contributed by atoms with van der Waals surface area (Å²) in [5.74, 6) is 0.883. The van der Waals surface area contributed by atoms with Crippen LogP contribution in [0.4, 0.5) is 5.69 Å². The van der Waals surface area contributed by atoms with Crippen molar-refractivity contribution in [1.29, 1.82) is 0 Å². The standard InChI is InChI=1S/C18H20ClNO2S/c1-12-9-16(17(22-3)10-15(12)19)20-18(21)11-23-13(2)14-7-5-4-6-8-14/h4-10,13H,11H2,1-3H3,(H,20,21). The van der Waals surface area contributed by atoms with E-state index in [-0.39, 0.29) is 11.2 Å². The molecule has 1 N–H and O–H groups in total. The number of ether oxygens (including phenoxy) is 1. The van der Waals surface area contributed by atoms with E-state index in [1.165, 1.54) is 5.56 Å². The number of carbonyl (C=O) groups is 1. The third-order valence-corrected chi connectivity index (χ3v) is 5.10. The van der Waals surface area contributed by atoms with Gasteiger partial charge in [-0.1, -0.05) is 41.9 Å². The lowest BCUT2D eigenvalue weighted by Gasteiger charge is -2.14. The van der Waals surface area contributed by atoms with Crippen LogP contribution in [-0.2, 0) is 4.79 Å². The molecule has 0 radical (unpaired) electrons. The first-order valence-corrected chi connectivity index (χ1v) is 8.74. The first-order chi connectivity index (χ1) is 11.0. The SMILES string of the molecule is COc1cc(Cl)c(C)cc1NC(=O)CSC(C)c1ccccc1. The van der Waals surface area contributed by atoms with Crippen LogP contribution in [0.5, 0.6) is 5.75 Å². The van der Waals surface area contributed by atoms with Gasteiger partial charge in [0.15, 0.2) is 0 Å². The molecule has 0 fully saturated rings. The molecule has 0 aliphatic rings. The van der Waals surface area contributed by atoms with Gasteiger partial charge in [0.2, 0.25) is 5.91 Å². The van der Waals surface area contributed by atoms with E-state index in [0.29, 0.717) is 22.2 Å². The van der Waals surface area contributed by atoms with Crippen LogP contribution < -0.4 is 10.1 Å². The molecule has 0 aliphatic carbocycles. The summed E-state index contributed by atoms with van der Waals surface area (Å²) in [7, 11) is 1.56. The van der Waals surface area contributed by atoms with Crippen molar-refractivity contribution < 1.29 is 9.53 Å². The fraction of sp³-hybridized carbons (Fsp3) is 0.278. The van der Waals surface area contributed by atoms with E-state index < -0.39 is 0 Å². The minimum Gasteiger partial charge on any atom is -0.495 e. The molecule has 122 valence electrons. The number of aryl methyl sites for hydroxylation is 1. The second-order valence-corrected chi connectivity index (χ2v) is 6.95. The zero-order valence-electron chi connectivity index (χ0n) is 13.4. The van der Waals surface area contributed by atoms with Gasteiger partial charge in [0.05, 0.1) is 18.6 Å². The van der Waals surface area contributed by atoms with Gasteiger partial charge in [-0.15, -0.1) is 11.8 Å². The van der Waals surface area contributed by atoms with Crippen LogP contribution in [0.3, 0.4) is 0 Å². The van der Waals surface area contributed by atoms with Gasteiger partial charge in [-0.05, 0) is 31.0 Å². The summed E-state index contributed by atoms with van der Waals surface area (Å²) in [5.41, 5.74) is 2.76. The lowest BCUT2D eigenvalue weighted by molar-refractivity contribution is -0.113. The summed E-state index contributed by atoms with van der Waals surface area (Å²) in [6, 6.07) is 13.7. The molecule has 2 aromatic rings. The Balaban J connectivity index is 1.96. The van der Waals surface area contributed by atoms with Crippen LogP contribution in [-0.4, -0.2) is 18.8 Å². The zero-order chi connectivity index (χ0) is 16.8. The average Bonchev–Trinajstić information content (AvgIpc) is 2.56. The summed E-state index contributed by atoms with van der Waals surface area (Å²) in [6.45, 7) is 3.99. The van der Waals surface area contributed by atoms with Crippen LogP contribution in [0.2, 0.25) is 5.02 Å². The molecule has 2 rings (SSSR count). The maximum Gasteiger partial charge on any atom is 0.234 e. The number of thioether (sulfide) groups is 1. The Hall–Kier alpha value is -1.65. The normalized spacial score (nSPS) is 11.8. The molecule has 23 heavy (non-hydrogen) atoms. The lowest BCUT2D eigenvalue weighted by Crippen LogP contribution is -2.15. The molecular formula is C18H20ClNO2S. The molecule has 0 saturated carbocycles. The molecule has 0 bridgehead atoms. The summed E-state index contributed by atoms with van der Waals surface area (Å²) in [5, 5.41) is 3.77. The van der Waals surface area contributed by atoms with Crippen LogP contribution in [0.15, 0.2) is 42.5 Å². The first-order valence-electron chi connectivity index (χ1n) is 7.31. The summed E-state index contributed by atoms with van der Waals surface area (Å²) in [6.07, 6.45) is 0. The Morgan fingerprint density at radius 2 is 2.00 bits per heavy atom. The Bertz CT molecular complexity index is 676. The molecule has 1 unspecified atom stereocenters. The number of carbonyl (C=O) groups excluding carboxylic acids is 1. The Labute approximate surface area is 146 Å². The van der Waals surface area contributed by atoms with E-state index in [2.05, 4.69) is 24.4 Å². The second-order valence-electron chi connectivity index (χ2n) is 5.21. The highest BCUT2D eigenvalue weighted by Crippen LogP contribution is 2.32. The smallest absolute Gasteiger partial charge is 0.234 e. The Kier molecular flexibility index (Phi) is 6.37. The van der Waals surface area contributed by atoms with E-state index in [4.69, 9.17) is 16.3 Å². The van der Waals surface area contributed by atoms with Gasteiger partial charge in [-0.25, -0.2) is 0 Å². The molecule has 0 aromatic heterocycles. The monoisotopic (exact) mass is 349 g/mol. The van der Waals surface area contributed by atoms with E-state index in [9.17, 15) is 4.79 Å². The molecule has 5 heteroatoms. The fourth-order valence-electron chi connectivity index (χ4n) is 2.14. The minimum atomic E-state index is -0.0576. The van der Waals surface area contributed by atoms with E-state index in [1.807, 2.05) is 31.2 Å². The Morgan fingerprint density at radius 3 is 2.65 bits per heavy atom. The van der Waals surface area contributed by atoms with Crippen molar-refractivity contribution in [2.24, 2.45) is 0 Å². The van der Waals surface area contributed by atoms with Gasteiger partial charge in [-0.2, -0.15) is 0 Å². The molecule has 3 nitrogen and oxygen atoms in total. The molecule has 0 heterocycles. The second kappa shape index (κ2) is 8.27. The third-order valence-electron chi connectivity index (χ3n) is 3.49. The number of halogens is 1. The van der Waals surface area contributed by atoms with Crippen LogP contribution in [0.1, 0.15) is 23.3 Å². The van der Waals surface area contributed by atoms with Crippen molar-refractivity contribution in [3.8, 4) is 5.75 Å². The van der Waals surface area contributed by atoms with Crippen molar-refractivity contribution in [2.75, 3.05) is 18.2 Å². The van der Waals surface area contributed by atoms with Gasteiger partial charge < -0.3 is 10.1 Å². The van der Waals surface area contributed by atoms with Crippen LogP contribution in [0, 0.1) is 6.92 Å². The quantitative estimate of drug-likeness (QED) is 0.789. The van der Waals surface area contributed by atoms with Gasteiger partial charge in [0.1, 0.15) is 5.75 Å². The van der Waals surface area contributed by atoms with E-state index >= 15 is 0 Å². The molecular weight excluding hydrogens is 330 g/mol. The number of benzene rings is 2. The summed E-state index contributed by atoms with van der Waals surface area (Å²) in [4.78, 5) is 12.2. The largest absolute Gasteiger partial charge is 0.495 e. The number of methoxy groups -OCH3 is 1. The minimum absolute atomic E-state index is 0.0576. The summed E-state index contributed by atoms with van der Waals surface area (Å²) >= 11 is 7.67. The molecule has 0 saturated heterocycles. The average molecular weight is 350 g/mol. The van der Waals surface area contributed by atoms with Crippen molar-refractivity contribution in [3.63, 3.8) is 0 Å². The van der Waals surface area contributed by atoms with Crippen molar-refractivity contribution in [2.45, 2.75) is 19.1 Å². The molecule has 1 atom stereocenters. The number of amides is 1. The number of anilines is 1. The van der Waals surface area contributed by atoms with Crippen LogP contribution >= 0.6 is 23.4 Å². The van der Waals surface area contributed by atoms with E-state index in [0.717, 1.165) is 5.56 Å². The number of nitrogens with one attached hydrogen (secondary N) is 1. The van der Waals surface area contributed by atoms with Gasteiger partial charge in [-0.3, -0.25) is 4.79 Å². The van der Waals surface area contributed by atoms with Gasteiger partial charge in [0.25, 0.3) is 0 Å². The summed E-state index contributed by atoms with van der Waals surface area (Å²) < 4.78 is 5.27. The number of hydrogen-bond acceptors (Lipinski definition) is 3. The van der Waals surface area contributed by atoms with Crippen LogP contribution in [0.25, 0.3) is 0 Å². The molecule has 0 spiro atoms. The molecule has 0 aliphatic heterocycles. The van der Waals surface area contributed by atoms with Gasteiger partial charge in [0, 0.05) is 16.3 Å². The van der Waals surface area contributed by atoms with Crippen molar-refractivity contribution in [1.82, 2.24) is 0 Å². The van der Waals surface area contributed by atoms with E-state index in [1.54, 1.807) is 24.9 Å². The first kappa shape index (κ1) is 17.7. The molecule has 1 amide bonds. The third kappa shape index (κ3) is 4.91. The molecule has 2 aromatic carbocycles. The predicted molar refractivity (Wildman–Crippen MR) is 98.7 cm³/mol.